The Labute approximate surface area is 147 Å². The van der Waals surface area contributed by atoms with Crippen molar-refractivity contribution in [3.63, 3.8) is 0 Å². The average molecular weight is 357 g/mol. The number of aromatic nitrogens is 1. The fraction of sp³-hybridized carbons (Fsp3) is 0.150. The van der Waals surface area contributed by atoms with E-state index in [1.807, 2.05) is 12.1 Å². The molecule has 1 heterocycles. The first-order valence-corrected chi connectivity index (χ1v) is 8.05. The van der Waals surface area contributed by atoms with E-state index >= 15 is 0 Å². The number of ether oxygens (including phenoxy) is 1. The van der Waals surface area contributed by atoms with Crippen LogP contribution < -0.4 is 4.74 Å². The lowest BCUT2D eigenvalue weighted by Gasteiger charge is -2.15. The smallest absolute Gasteiger partial charge is 0.406 e. The summed E-state index contributed by atoms with van der Waals surface area (Å²) in [6.45, 7) is 3.78. The molecule has 0 atom stereocenters. The van der Waals surface area contributed by atoms with Crippen LogP contribution in [0.3, 0.4) is 0 Å². The monoisotopic (exact) mass is 357 g/mol. The van der Waals surface area contributed by atoms with E-state index in [1.165, 1.54) is 17.7 Å². The Bertz CT molecular complexity index is 972. The minimum Gasteiger partial charge on any atom is -0.406 e. The van der Waals surface area contributed by atoms with Gasteiger partial charge in [0.2, 0.25) is 0 Å². The van der Waals surface area contributed by atoms with Gasteiger partial charge in [0.1, 0.15) is 11.4 Å². The highest BCUT2D eigenvalue weighted by Gasteiger charge is 2.31. The first kappa shape index (κ1) is 16.4. The standard InChI is InChI=1S/C20H14F3NO2/c1-2-12-3-9-16-14(11-12)6-10-17-18(24-26-19(16)17)13-4-7-15(8-5-13)25-20(21,22)23/h2-5,7-9,11H,1,6,10H2. The predicted octanol–water partition coefficient (Wildman–Crippen LogP) is 5.65. The van der Waals surface area contributed by atoms with Crippen molar-refractivity contribution in [2.75, 3.05) is 0 Å². The molecule has 0 bridgehead atoms. The van der Waals surface area contributed by atoms with Gasteiger partial charge in [0.05, 0.1) is 0 Å². The molecule has 0 radical (unpaired) electrons. The summed E-state index contributed by atoms with van der Waals surface area (Å²) in [5.41, 5.74) is 5.52. The number of fused-ring (bicyclic) bond motifs is 3. The first-order valence-electron chi connectivity index (χ1n) is 8.05. The molecule has 26 heavy (non-hydrogen) atoms. The van der Waals surface area contributed by atoms with E-state index < -0.39 is 6.36 Å². The predicted molar refractivity (Wildman–Crippen MR) is 91.6 cm³/mol. The van der Waals surface area contributed by atoms with E-state index in [0.717, 1.165) is 29.5 Å². The molecule has 0 saturated carbocycles. The second-order valence-corrected chi connectivity index (χ2v) is 6.03. The zero-order valence-corrected chi connectivity index (χ0v) is 13.6. The van der Waals surface area contributed by atoms with Gasteiger partial charge in [-0.2, -0.15) is 0 Å². The summed E-state index contributed by atoms with van der Waals surface area (Å²) in [6, 6.07) is 11.7. The Morgan fingerprint density at radius 2 is 1.85 bits per heavy atom. The molecule has 1 aliphatic carbocycles. The Morgan fingerprint density at radius 1 is 1.08 bits per heavy atom. The van der Waals surface area contributed by atoms with Crippen LogP contribution in [0.2, 0.25) is 0 Å². The molecule has 6 heteroatoms. The SMILES string of the molecule is C=Cc1ccc2c(c1)CCc1c(-c3ccc(OC(F)(F)F)cc3)noc1-2. The highest BCUT2D eigenvalue weighted by atomic mass is 19.4. The minimum absolute atomic E-state index is 0.263. The Balaban J connectivity index is 1.68. The van der Waals surface area contributed by atoms with E-state index in [9.17, 15) is 13.2 Å². The fourth-order valence-electron chi connectivity index (χ4n) is 3.22. The average Bonchev–Trinajstić information content (AvgIpc) is 3.05. The summed E-state index contributed by atoms with van der Waals surface area (Å²) in [7, 11) is 0. The molecule has 0 fully saturated rings. The summed E-state index contributed by atoms with van der Waals surface area (Å²) in [6.07, 6.45) is -1.31. The molecule has 0 unspecified atom stereocenters. The largest absolute Gasteiger partial charge is 0.573 e. The second-order valence-electron chi connectivity index (χ2n) is 6.03. The Kier molecular flexibility index (Phi) is 3.83. The van der Waals surface area contributed by atoms with Crippen LogP contribution in [0, 0.1) is 0 Å². The number of hydrogen-bond donors (Lipinski definition) is 0. The van der Waals surface area contributed by atoms with Crippen molar-refractivity contribution in [2.24, 2.45) is 0 Å². The van der Waals surface area contributed by atoms with Crippen LogP contribution >= 0.6 is 0 Å². The lowest BCUT2D eigenvalue weighted by atomic mass is 9.87. The number of halogens is 3. The van der Waals surface area contributed by atoms with Crippen LogP contribution in [-0.2, 0) is 12.8 Å². The van der Waals surface area contributed by atoms with Crippen molar-refractivity contribution in [3.05, 3.63) is 65.7 Å². The molecule has 0 saturated heterocycles. The lowest BCUT2D eigenvalue weighted by Crippen LogP contribution is -2.16. The summed E-state index contributed by atoms with van der Waals surface area (Å²) in [4.78, 5) is 0. The quantitative estimate of drug-likeness (QED) is 0.608. The molecule has 3 aromatic rings. The number of alkyl halides is 3. The Hall–Kier alpha value is -3.02. The Morgan fingerprint density at radius 3 is 2.54 bits per heavy atom. The van der Waals surface area contributed by atoms with Crippen molar-refractivity contribution < 1.29 is 22.4 Å². The van der Waals surface area contributed by atoms with Crippen molar-refractivity contribution in [1.82, 2.24) is 5.16 Å². The van der Waals surface area contributed by atoms with Crippen molar-refractivity contribution >= 4 is 6.08 Å². The second kappa shape index (κ2) is 6.05. The molecule has 3 nitrogen and oxygen atoms in total. The lowest BCUT2D eigenvalue weighted by molar-refractivity contribution is -0.274. The molecule has 0 N–H and O–H groups in total. The van der Waals surface area contributed by atoms with Gasteiger partial charge in [-0.1, -0.05) is 36.0 Å². The van der Waals surface area contributed by atoms with Crippen molar-refractivity contribution in [2.45, 2.75) is 19.2 Å². The molecule has 1 aliphatic rings. The molecule has 2 aromatic carbocycles. The van der Waals surface area contributed by atoms with Gasteiger partial charge in [0.15, 0.2) is 5.76 Å². The zero-order valence-electron chi connectivity index (χ0n) is 13.6. The molecule has 1 aromatic heterocycles. The van der Waals surface area contributed by atoms with Gasteiger partial charge in [-0.15, -0.1) is 13.2 Å². The number of nitrogens with zero attached hydrogens (tertiary/aromatic N) is 1. The number of hydrogen-bond acceptors (Lipinski definition) is 3. The first-order chi connectivity index (χ1) is 12.4. The van der Waals surface area contributed by atoms with Gasteiger partial charge in [-0.3, -0.25) is 0 Å². The topological polar surface area (TPSA) is 35.3 Å². The maximum Gasteiger partial charge on any atom is 0.573 e. The van der Waals surface area contributed by atoms with Gasteiger partial charge in [0, 0.05) is 16.7 Å². The molecule has 0 aliphatic heterocycles. The summed E-state index contributed by atoms with van der Waals surface area (Å²) in [5.74, 6) is 0.452. The van der Waals surface area contributed by atoms with Crippen LogP contribution in [0.25, 0.3) is 28.7 Å². The number of rotatable bonds is 3. The maximum absolute atomic E-state index is 12.3. The van der Waals surface area contributed by atoms with Gasteiger partial charge in [0.25, 0.3) is 0 Å². The molecule has 0 amide bonds. The van der Waals surface area contributed by atoms with Gasteiger partial charge < -0.3 is 9.26 Å². The van der Waals surface area contributed by atoms with E-state index in [4.69, 9.17) is 4.52 Å². The fourth-order valence-corrected chi connectivity index (χ4v) is 3.22. The molecule has 4 rings (SSSR count). The van der Waals surface area contributed by atoms with Crippen LogP contribution in [0.15, 0.2) is 53.6 Å². The summed E-state index contributed by atoms with van der Waals surface area (Å²) in [5, 5.41) is 4.16. The van der Waals surface area contributed by atoms with Crippen LogP contribution in [0.4, 0.5) is 13.2 Å². The third kappa shape index (κ3) is 2.98. The van der Waals surface area contributed by atoms with Crippen LogP contribution in [0.5, 0.6) is 5.75 Å². The number of benzene rings is 2. The molecule has 132 valence electrons. The van der Waals surface area contributed by atoms with Gasteiger partial charge >= 0.3 is 6.36 Å². The van der Waals surface area contributed by atoms with E-state index in [1.54, 1.807) is 18.2 Å². The van der Waals surface area contributed by atoms with E-state index in [-0.39, 0.29) is 5.75 Å². The third-order valence-electron chi connectivity index (χ3n) is 4.40. The third-order valence-corrected chi connectivity index (χ3v) is 4.40. The molecular weight excluding hydrogens is 343 g/mol. The van der Waals surface area contributed by atoms with Crippen molar-refractivity contribution in [3.8, 4) is 28.3 Å². The number of aryl methyl sites for hydroxylation is 1. The van der Waals surface area contributed by atoms with Crippen LogP contribution in [0.1, 0.15) is 16.7 Å². The normalized spacial score (nSPS) is 13.0. The zero-order chi connectivity index (χ0) is 18.3. The highest BCUT2D eigenvalue weighted by molar-refractivity contribution is 5.77. The van der Waals surface area contributed by atoms with E-state index in [2.05, 4.69) is 22.5 Å². The van der Waals surface area contributed by atoms with E-state index in [0.29, 0.717) is 17.0 Å². The van der Waals surface area contributed by atoms with Gasteiger partial charge in [-0.25, -0.2) is 0 Å². The molecule has 0 spiro atoms. The van der Waals surface area contributed by atoms with Gasteiger partial charge in [-0.05, 0) is 48.2 Å². The maximum atomic E-state index is 12.3. The minimum atomic E-state index is -4.71. The molecular formula is C20H14F3NO2. The highest BCUT2D eigenvalue weighted by Crippen LogP contribution is 2.39. The van der Waals surface area contributed by atoms with Crippen LogP contribution in [-0.4, -0.2) is 11.5 Å². The summed E-state index contributed by atoms with van der Waals surface area (Å²) < 4.78 is 46.3. The summed E-state index contributed by atoms with van der Waals surface area (Å²) >= 11 is 0. The van der Waals surface area contributed by atoms with Crippen molar-refractivity contribution in [1.29, 1.82) is 0 Å².